The van der Waals surface area contributed by atoms with Crippen molar-refractivity contribution >= 4 is 11.6 Å². The number of aromatic nitrogens is 1. The van der Waals surface area contributed by atoms with Crippen LogP contribution >= 0.6 is 0 Å². The Balaban J connectivity index is 2.19. The van der Waals surface area contributed by atoms with E-state index in [1.807, 2.05) is 0 Å². The number of aliphatic hydroxyl groups is 1. The van der Waals surface area contributed by atoms with Gasteiger partial charge >= 0.3 is 0 Å². The van der Waals surface area contributed by atoms with Crippen LogP contribution in [0.5, 0.6) is 0 Å². The number of unbranched alkanes of at least 4 members (excludes halogenated alkanes) is 2. The van der Waals surface area contributed by atoms with E-state index in [2.05, 4.69) is 10.3 Å². The highest BCUT2D eigenvalue weighted by atomic mass is 16.2. The van der Waals surface area contributed by atoms with Crippen LogP contribution in [0.2, 0.25) is 0 Å². The molecule has 5 heteroatoms. The summed E-state index contributed by atoms with van der Waals surface area (Å²) in [5, 5.41) is 11.3. The number of anilines is 1. The number of nitrogens with one attached hydrogen (secondary N) is 2. The molecule has 1 amide bonds. The van der Waals surface area contributed by atoms with Crippen molar-refractivity contribution in [2.24, 2.45) is 0 Å². The number of aromatic amines is 1. The minimum Gasteiger partial charge on any atom is -0.397 e. The number of rotatable bonds is 6. The molecule has 15 heavy (non-hydrogen) atoms. The van der Waals surface area contributed by atoms with Crippen LogP contribution < -0.4 is 11.1 Å². The normalized spacial score (nSPS) is 10.2. The Morgan fingerprint density at radius 2 is 2.27 bits per heavy atom. The van der Waals surface area contributed by atoms with Gasteiger partial charge in [-0.1, -0.05) is 0 Å². The largest absolute Gasteiger partial charge is 0.397 e. The van der Waals surface area contributed by atoms with Crippen molar-refractivity contribution in [3.63, 3.8) is 0 Å². The summed E-state index contributed by atoms with van der Waals surface area (Å²) in [4.78, 5) is 14.2. The molecular formula is C10H17N3O2. The van der Waals surface area contributed by atoms with Crippen LogP contribution in [0, 0.1) is 0 Å². The van der Waals surface area contributed by atoms with Crippen molar-refractivity contribution < 1.29 is 9.90 Å². The second-order valence-electron chi connectivity index (χ2n) is 3.39. The molecular weight excluding hydrogens is 194 g/mol. The van der Waals surface area contributed by atoms with E-state index in [1.54, 1.807) is 12.3 Å². The molecule has 0 unspecified atom stereocenters. The number of carbonyl (C=O) groups excluding carboxylic acids is 1. The fourth-order valence-corrected chi connectivity index (χ4v) is 1.25. The molecule has 1 heterocycles. The van der Waals surface area contributed by atoms with Crippen molar-refractivity contribution in [3.05, 3.63) is 18.0 Å². The van der Waals surface area contributed by atoms with E-state index < -0.39 is 0 Å². The lowest BCUT2D eigenvalue weighted by Crippen LogP contribution is -2.24. The Morgan fingerprint density at radius 1 is 1.47 bits per heavy atom. The van der Waals surface area contributed by atoms with Gasteiger partial charge in [0.1, 0.15) is 5.69 Å². The fourth-order valence-electron chi connectivity index (χ4n) is 1.25. The maximum atomic E-state index is 11.4. The van der Waals surface area contributed by atoms with Gasteiger partial charge in [0.05, 0.1) is 0 Å². The van der Waals surface area contributed by atoms with Crippen molar-refractivity contribution in [1.29, 1.82) is 0 Å². The van der Waals surface area contributed by atoms with Crippen molar-refractivity contribution in [3.8, 4) is 0 Å². The van der Waals surface area contributed by atoms with Crippen LogP contribution in [0.1, 0.15) is 29.8 Å². The molecule has 84 valence electrons. The first-order valence-corrected chi connectivity index (χ1v) is 5.07. The molecule has 0 atom stereocenters. The van der Waals surface area contributed by atoms with Crippen LogP contribution in [-0.2, 0) is 0 Å². The van der Waals surface area contributed by atoms with E-state index in [9.17, 15) is 4.79 Å². The molecule has 0 bridgehead atoms. The smallest absolute Gasteiger partial charge is 0.267 e. The third-order valence-electron chi connectivity index (χ3n) is 2.07. The van der Waals surface area contributed by atoms with E-state index in [1.165, 1.54) is 0 Å². The van der Waals surface area contributed by atoms with Crippen LogP contribution in [-0.4, -0.2) is 29.1 Å². The third-order valence-corrected chi connectivity index (χ3v) is 2.07. The van der Waals surface area contributed by atoms with E-state index in [0.717, 1.165) is 19.3 Å². The monoisotopic (exact) mass is 211 g/mol. The van der Waals surface area contributed by atoms with Gasteiger partial charge in [0.25, 0.3) is 5.91 Å². The Morgan fingerprint density at radius 3 is 2.87 bits per heavy atom. The van der Waals surface area contributed by atoms with Crippen LogP contribution in [0.4, 0.5) is 5.69 Å². The van der Waals surface area contributed by atoms with Crippen LogP contribution in [0.3, 0.4) is 0 Å². The second-order valence-corrected chi connectivity index (χ2v) is 3.39. The zero-order chi connectivity index (χ0) is 11.1. The lowest BCUT2D eigenvalue weighted by atomic mass is 10.2. The van der Waals surface area contributed by atoms with Gasteiger partial charge in [-0.3, -0.25) is 4.79 Å². The highest BCUT2D eigenvalue weighted by Crippen LogP contribution is 2.04. The van der Waals surface area contributed by atoms with Gasteiger partial charge in [0.2, 0.25) is 0 Å². The lowest BCUT2D eigenvalue weighted by molar-refractivity contribution is 0.0948. The molecule has 0 aliphatic carbocycles. The first kappa shape index (κ1) is 11.6. The topological polar surface area (TPSA) is 91.1 Å². The number of H-pyrrole nitrogens is 1. The third kappa shape index (κ3) is 4.03. The number of hydrogen-bond donors (Lipinski definition) is 4. The molecule has 0 aliphatic rings. The van der Waals surface area contributed by atoms with E-state index in [0.29, 0.717) is 17.9 Å². The van der Waals surface area contributed by atoms with Crippen molar-refractivity contribution in [2.45, 2.75) is 19.3 Å². The molecule has 0 spiro atoms. The number of nitrogens with two attached hydrogens (primary N) is 1. The molecule has 0 radical (unpaired) electrons. The standard InChI is InChI=1S/C10H17N3O2/c11-8-6-9(13-7-8)10(15)12-4-2-1-3-5-14/h6-7,13-14H,1-5,11H2,(H,12,15). The van der Waals surface area contributed by atoms with Crippen LogP contribution in [0.25, 0.3) is 0 Å². The zero-order valence-electron chi connectivity index (χ0n) is 8.62. The SMILES string of the molecule is Nc1c[nH]c(C(=O)NCCCCCO)c1. The molecule has 1 aromatic heterocycles. The summed E-state index contributed by atoms with van der Waals surface area (Å²) in [6.07, 6.45) is 4.16. The molecule has 0 saturated carbocycles. The van der Waals surface area contributed by atoms with Gasteiger partial charge in [-0.25, -0.2) is 0 Å². The van der Waals surface area contributed by atoms with Crippen LogP contribution in [0.15, 0.2) is 12.3 Å². The Kier molecular flexibility index (Phi) is 4.70. The van der Waals surface area contributed by atoms with E-state index in [-0.39, 0.29) is 12.5 Å². The zero-order valence-corrected chi connectivity index (χ0v) is 8.62. The molecule has 5 nitrogen and oxygen atoms in total. The molecule has 0 saturated heterocycles. The summed E-state index contributed by atoms with van der Waals surface area (Å²) in [7, 11) is 0. The lowest BCUT2D eigenvalue weighted by Gasteiger charge is -2.02. The summed E-state index contributed by atoms with van der Waals surface area (Å²) < 4.78 is 0. The van der Waals surface area contributed by atoms with Gasteiger partial charge in [-0.2, -0.15) is 0 Å². The highest BCUT2D eigenvalue weighted by molar-refractivity contribution is 5.93. The molecule has 0 fully saturated rings. The number of carbonyl (C=O) groups is 1. The molecule has 0 aromatic carbocycles. The summed E-state index contributed by atoms with van der Waals surface area (Å²) in [5.41, 5.74) is 6.51. The molecule has 1 aromatic rings. The molecule has 1 rings (SSSR count). The second kappa shape index (κ2) is 6.08. The average molecular weight is 211 g/mol. The average Bonchev–Trinajstić information content (AvgIpc) is 2.64. The summed E-state index contributed by atoms with van der Waals surface area (Å²) in [5.74, 6) is -0.143. The van der Waals surface area contributed by atoms with Crippen molar-refractivity contribution in [2.75, 3.05) is 18.9 Å². The summed E-state index contributed by atoms with van der Waals surface area (Å²) in [6.45, 7) is 0.832. The quantitative estimate of drug-likeness (QED) is 0.516. The van der Waals surface area contributed by atoms with Gasteiger partial charge in [0, 0.05) is 25.0 Å². The van der Waals surface area contributed by atoms with Crippen molar-refractivity contribution in [1.82, 2.24) is 10.3 Å². The number of aliphatic hydroxyl groups excluding tert-OH is 1. The Labute approximate surface area is 88.7 Å². The summed E-state index contributed by atoms with van der Waals surface area (Å²) >= 11 is 0. The van der Waals surface area contributed by atoms with Gasteiger partial charge in [-0.05, 0) is 25.3 Å². The van der Waals surface area contributed by atoms with E-state index in [4.69, 9.17) is 10.8 Å². The molecule has 0 aliphatic heterocycles. The highest BCUT2D eigenvalue weighted by Gasteiger charge is 2.05. The fraction of sp³-hybridized carbons (Fsp3) is 0.500. The minimum absolute atomic E-state index is 0.143. The van der Waals surface area contributed by atoms with Gasteiger partial charge < -0.3 is 21.1 Å². The number of hydrogen-bond acceptors (Lipinski definition) is 3. The summed E-state index contributed by atoms with van der Waals surface area (Å²) in [6, 6.07) is 1.60. The maximum absolute atomic E-state index is 11.4. The van der Waals surface area contributed by atoms with E-state index >= 15 is 0 Å². The predicted octanol–water partition coefficient (Wildman–Crippen LogP) is 0.489. The Hall–Kier alpha value is -1.49. The van der Waals surface area contributed by atoms with Gasteiger partial charge in [0.15, 0.2) is 0 Å². The Bertz CT molecular complexity index is 309. The predicted molar refractivity (Wildman–Crippen MR) is 58.5 cm³/mol. The number of nitrogen functional groups attached to an aromatic ring is 1. The maximum Gasteiger partial charge on any atom is 0.267 e. The van der Waals surface area contributed by atoms with Gasteiger partial charge in [-0.15, -0.1) is 0 Å². The molecule has 5 N–H and O–H groups in total. The number of amides is 1. The minimum atomic E-state index is -0.143. The first-order valence-electron chi connectivity index (χ1n) is 5.07. The first-order chi connectivity index (χ1) is 7.24.